The van der Waals surface area contributed by atoms with Gasteiger partial charge in [0, 0.05) is 6.42 Å². The predicted molar refractivity (Wildman–Crippen MR) is 66.7 cm³/mol. The van der Waals surface area contributed by atoms with Gasteiger partial charge >= 0.3 is 0 Å². The molecular formula is C13H14N2O3. The van der Waals surface area contributed by atoms with E-state index >= 15 is 0 Å². The summed E-state index contributed by atoms with van der Waals surface area (Å²) in [4.78, 5) is 0. The van der Waals surface area contributed by atoms with Gasteiger partial charge in [-0.3, -0.25) is 0 Å². The molecule has 0 spiro atoms. The van der Waals surface area contributed by atoms with Crippen molar-refractivity contribution in [3.05, 3.63) is 23.9 Å². The fourth-order valence-corrected chi connectivity index (χ4v) is 2.07. The second kappa shape index (κ2) is 4.25. The fraction of sp³-hybridized carbons (Fsp3) is 0.308. The molecule has 3 rings (SSSR count). The molecule has 1 aliphatic rings. The first-order chi connectivity index (χ1) is 8.75. The van der Waals surface area contributed by atoms with E-state index in [0.717, 1.165) is 34.6 Å². The van der Waals surface area contributed by atoms with Crippen LogP contribution in [0.25, 0.3) is 11.1 Å². The Bertz CT molecular complexity index is 578. The van der Waals surface area contributed by atoms with Crippen LogP contribution in [0.1, 0.15) is 12.0 Å². The van der Waals surface area contributed by atoms with Crippen molar-refractivity contribution in [1.29, 1.82) is 0 Å². The van der Waals surface area contributed by atoms with Crippen molar-refractivity contribution in [1.82, 2.24) is 5.16 Å². The lowest BCUT2D eigenvalue weighted by molar-refractivity contribution is 0.296. The number of aromatic nitrogens is 1. The van der Waals surface area contributed by atoms with Crippen LogP contribution in [0.4, 0.5) is 5.88 Å². The van der Waals surface area contributed by atoms with Crippen LogP contribution in [0, 0.1) is 6.92 Å². The first-order valence-corrected chi connectivity index (χ1v) is 5.86. The van der Waals surface area contributed by atoms with Gasteiger partial charge in [-0.2, -0.15) is 0 Å². The van der Waals surface area contributed by atoms with Gasteiger partial charge in [0.05, 0.1) is 25.0 Å². The number of fused-ring (bicyclic) bond motifs is 1. The molecule has 2 heterocycles. The molecule has 0 atom stereocenters. The zero-order valence-corrected chi connectivity index (χ0v) is 10.1. The van der Waals surface area contributed by atoms with Gasteiger partial charge in [0.1, 0.15) is 0 Å². The van der Waals surface area contributed by atoms with Crippen LogP contribution in [0.5, 0.6) is 11.5 Å². The Hall–Kier alpha value is -2.17. The molecule has 18 heavy (non-hydrogen) atoms. The van der Waals surface area contributed by atoms with Gasteiger partial charge < -0.3 is 19.7 Å². The molecule has 1 aromatic carbocycles. The van der Waals surface area contributed by atoms with Gasteiger partial charge in [-0.15, -0.1) is 0 Å². The lowest BCUT2D eigenvalue weighted by Crippen LogP contribution is -1.97. The van der Waals surface area contributed by atoms with Gasteiger partial charge in [0.25, 0.3) is 0 Å². The van der Waals surface area contributed by atoms with Gasteiger partial charge in [-0.05, 0) is 30.2 Å². The third kappa shape index (κ3) is 1.77. The number of anilines is 1. The van der Waals surface area contributed by atoms with Crippen LogP contribution in [-0.2, 0) is 0 Å². The number of benzene rings is 1. The smallest absolute Gasteiger partial charge is 0.229 e. The van der Waals surface area contributed by atoms with E-state index in [4.69, 9.17) is 19.7 Å². The predicted octanol–water partition coefficient (Wildman–Crippen LogP) is 2.39. The largest absolute Gasteiger partial charge is 0.490 e. The second-order valence-corrected chi connectivity index (χ2v) is 4.27. The Morgan fingerprint density at radius 1 is 1.22 bits per heavy atom. The van der Waals surface area contributed by atoms with E-state index in [0.29, 0.717) is 19.1 Å². The molecule has 1 aromatic heterocycles. The minimum atomic E-state index is 0.309. The van der Waals surface area contributed by atoms with E-state index in [-0.39, 0.29) is 0 Å². The molecule has 0 aliphatic carbocycles. The van der Waals surface area contributed by atoms with Crippen LogP contribution in [-0.4, -0.2) is 18.4 Å². The topological polar surface area (TPSA) is 70.5 Å². The Morgan fingerprint density at radius 3 is 2.83 bits per heavy atom. The third-order valence-electron chi connectivity index (χ3n) is 2.94. The first kappa shape index (κ1) is 11.0. The van der Waals surface area contributed by atoms with Crippen molar-refractivity contribution >= 4 is 5.88 Å². The Kier molecular flexibility index (Phi) is 2.59. The molecule has 0 saturated carbocycles. The number of nitrogens with two attached hydrogens (primary N) is 1. The van der Waals surface area contributed by atoms with E-state index < -0.39 is 0 Å². The van der Waals surface area contributed by atoms with Crippen molar-refractivity contribution in [2.45, 2.75) is 13.3 Å². The molecule has 0 radical (unpaired) electrons. The number of hydrogen-bond acceptors (Lipinski definition) is 5. The summed E-state index contributed by atoms with van der Waals surface area (Å²) in [6.45, 7) is 3.33. The first-order valence-electron chi connectivity index (χ1n) is 5.86. The SMILES string of the molecule is Cc1cc(-c2cnoc2N)cc2c1OCCCO2. The zero-order chi connectivity index (χ0) is 12.5. The van der Waals surface area contributed by atoms with Crippen LogP contribution < -0.4 is 15.2 Å². The summed E-state index contributed by atoms with van der Waals surface area (Å²) in [5, 5.41) is 3.69. The summed E-state index contributed by atoms with van der Waals surface area (Å²) in [5.41, 5.74) is 8.45. The van der Waals surface area contributed by atoms with Gasteiger partial charge in [0.2, 0.25) is 5.88 Å². The summed E-state index contributed by atoms with van der Waals surface area (Å²) >= 11 is 0. The highest BCUT2D eigenvalue weighted by molar-refractivity contribution is 5.75. The van der Waals surface area contributed by atoms with Crippen molar-refractivity contribution in [2.24, 2.45) is 0 Å². The summed E-state index contributed by atoms with van der Waals surface area (Å²) in [7, 11) is 0. The van der Waals surface area contributed by atoms with Gasteiger partial charge in [-0.25, -0.2) is 0 Å². The van der Waals surface area contributed by atoms with E-state index in [2.05, 4.69) is 5.16 Å². The number of aryl methyl sites for hydroxylation is 1. The molecule has 0 bridgehead atoms. The lowest BCUT2D eigenvalue weighted by atomic mass is 10.0. The van der Waals surface area contributed by atoms with Crippen molar-refractivity contribution in [3.8, 4) is 22.6 Å². The molecule has 0 fully saturated rings. The number of rotatable bonds is 1. The van der Waals surface area contributed by atoms with Crippen molar-refractivity contribution < 1.29 is 14.0 Å². The molecule has 2 N–H and O–H groups in total. The Morgan fingerprint density at radius 2 is 2.06 bits per heavy atom. The minimum Gasteiger partial charge on any atom is -0.490 e. The average Bonchev–Trinajstić information content (AvgIpc) is 2.63. The maximum atomic E-state index is 5.73. The Labute approximate surface area is 104 Å². The molecule has 0 unspecified atom stereocenters. The van der Waals surface area contributed by atoms with E-state index in [1.54, 1.807) is 6.20 Å². The summed E-state index contributed by atoms with van der Waals surface area (Å²) in [6, 6.07) is 3.91. The number of ether oxygens (including phenoxy) is 2. The monoisotopic (exact) mass is 246 g/mol. The van der Waals surface area contributed by atoms with Gasteiger partial charge in [0.15, 0.2) is 11.5 Å². The average molecular weight is 246 g/mol. The van der Waals surface area contributed by atoms with Crippen LogP contribution >= 0.6 is 0 Å². The van der Waals surface area contributed by atoms with Crippen LogP contribution in [0.15, 0.2) is 22.9 Å². The third-order valence-corrected chi connectivity index (χ3v) is 2.94. The number of hydrogen-bond donors (Lipinski definition) is 1. The zero-order valence-electron chi connectivity index (χ0n) is 10.1. The standard InChI is InChI=1S/C13H14N2O3/c1-8-5-9(10-7-15-18-13(10)14)6-11-12(8)17-4-2-3-16-11/h5-7H,2-4,14H2,1H3. The molecule has 1 aliphatic heterocycles. The highest BCUT2D eigenvalue weighted by Crippen LogP contribution is 2.38. The highest BCUT2D eigenvalue weighted by atomic mass is 16.5. The number of nitrogens with zero attached hydrogens (tertiary/aromatic N) is 1. The van der Waals surface area contributed by atoms with Crippen LogP contribution in [0.3, 0.4) is 0 Å². The lowest BCUT2D eigenvalue weighted by Gasteiger charge is -2.12. The van der Waals surface area contributed by atoms with E-state index in [1.807, 2.05) is 19.1 Å². The summed E-state index contributed by atoms with van der Waals surface area (Å²) in [5.74, 6) is 1.87. The number of nitrogen functional groups attached to an aromatic ring is 1. The molecule has 0 amide bonds. The maximum absolute atomic E-state index is 5.73. The highest BCUT2D eigenvalue weighted by Gasteiger charge is 2.17. The quantitative estimate of drug-likeness (QED) is 0.836. The molecule has 94 valence electrons. The summed E-state index contributed by atoms with van der Waals surface area (Å²) in [6.07, 6.45) is 2.49. The molecule has 0 saturated heterocycles. The van der Waals surface area contributed by atoms with Gasteiger partial charge in [-0.1, -0.05) is 5.16 Å². The van der Waals surface area contributed by atoms with E-state index in [1.165, 1.54) is 0 Å². The second-order valence-electron chi connectivity index (χ2n) is 4.27. The maximum Gasteiger partial charge on any atom is 0.229 e. The van der Waals surface area contributed by atoms with Crippen molar-refractivity contribution in [2.75, 3.05) is 18.9 Å². The van der Waals surface area contributed by atoms with Crippen LogP contribution in [0.2, 0.25) is 0 Å². The molecule has 5 nitrogen and oxygen atoms in total. The molecule has 2 aromatic rings. The molecular weight excluding hydrogens is 232 g/mol. The minimum absolute atomic E-state index is 0.309. The summed E-state index contributed by atoms with van der Waals surface area (Å²) < 4.78 is 16.3. The normalized spacial score (nSPS) is 14.3. The van der Waals surface area contributed by atoms with Crippen molar-refractivity contribution in [3.63, 3.8) is 0 Å². The molecule has 5 heteroatoms. The van der Waals surface area contributed by atoms with E-state index in [9.17, 15) is 0 Å². The fourth-order valence-electron chi connectivity index (χ4n) is 2.07. The Balaban J connectivity index is 2.11.